The molecule has 8 aromatic rings. The van der Waals surface area contributed by atoms with Crippen LogP contribution in [-0.4, -0.2) is 257 Å². The number of carboxylic acid groups (broad SMARTS) is 4. The summed E-state index contributed by atoms with van der Waals surface area (Å²) in [5.41, 5.74) is 9.01. The van der Waals surface area contributed by atoms with Crippen molar-refractivity contribution >= 4 is 59.5 Å². The Balaban J connectivity index is 0.000000198. The third-order valence-electron chi connectivity index (χ3n) is 22.1. The SMILES string of the molecule is COc1cccc(CCc2ccccc2OCC(CN2CCCC2)OC(=O)CCC(=O)O)c1.COc1cccc(CCc2ccccc2OCC(CN2CCCC2)OC(=O)CCC(=O)O)c1.COc1cccc(CCc2ccccc2OCC(CN2CCOC2)OC(=O)CCC(=O)O)c1.COc1cccc(CCc2ccccc2OCC(CN2CCSC2)OC(=O)CCC(=O)O)c1. The number of aryl methyl sites for hydroxylation is 8. The average Bonchev–Trinajstić information content (AvgIpc) is 1.06. The van der Waals surface area contributed by atoms with Crippen LogP contribution in [0.1, 0.15) is 122 Å². The van der Waals surface area contributed by atoms with Crippen LogP contribution in [0.2, 0.25) is 0 Å². The number of esters is 4. The number of para-hydroxylation sites is 4. The van der Waals surface area contributed by atoms with E-state index in [0.717, 1.165) is 196 Å². The van der Waals surface area contributed by atoms with Crippen molar-refractivity contribution in [2.75, 3.05) is 145 Å². The smallest absolute Gasteiger partial charge is 0.306 e. The molecule has 8 aromatic carbocycles. The van der Waals surface area contributed by atoms with Gasteiger partial charge in [-0.25, -0.2) is 0 Å². The highest BCUT2D eigenvalue weighted by Gasteiger charge is 2.29. The van der Waals surface area contributed by atoms with Crippen molar-refractivity contribution in [3.8, 4) is 46.0 Å². The molecule has 4 fully saturated rings. The van der Waals surface area contributed by atoms with E-state index in [-0.39, 0.29) is 77.8 Å². The number of carbonyl (C=O) groups excluding carboxylic acids is 4. The van der Waals surface area contributed by atoms with Gasteiger partial charge in [-0.3, -0.25) is 58.0 Å². The lowest BCUT2D eigenvalue weighted by molar-refractivity contribution is -0.154. The molecule has 712 valence electrons. The van der Waals surface area contributed by atoms with E-state index in [0.29, 0.717) is 39.5 Å². The van der Waals surface area contributed by atoms with Crippen LogP contribution in [0, 0.1) is 0 Å². The Kier molecular flexibility index (Phi) is 46.2. The molecule has 0 radical (unpaired) electrons. The van der Waals surface area contributed by atoms with Gasteiger partial charge in [-0.15, -0.1) is 11.8 Å². The molecule has 132 heavy (non-hydrogen) atoms. The number of aliphatic carboxylic acids is 4. The third kappa shape index (κ3) is 40.4. The lowest BCUT2D eigenvalue weighted by Crippen LogP contribution is -2.37. The van der Waals surface area contributed by atoms with Gasteiger partial charge in [0, 0.05) is 50.9 Å². The van der Waals surface area contributed by atoms with E-state index in [1.165, 1.54) is 22.3 Å². The van der Waals surface area contributed by atoms with Gasteiger partial charge in [0.1, 0.15) is 96.8 Å². The minimum atomic E-state index is -1.03. The lowest BCUT2D eigenvalue weighted by Gasteiger charge is -2.24. The molecule has 0 bridgehead atoms. The zero-order valence-corrected chi connectivity index (χ0v) is 77.0. The van der Waals surface area contributed by atoms with Gasteiger partial charge >= 0.3 is 47.8 Å². The Morgan fingerprint density at radius 1 is 0.318 bits per heavy atom. The number of thioether (sulfide) groups is 1. The van der Waals surface area contributed by atoms with Crippen LogP contribution in [0.5, 0.6) is 46.0 Å². The van der Waals surface area contributed by atoms with E-state index < -0.39 is 72.2 Å². The molecular weight excluding hydrogens is 1710 g/mol. The predicted molar refractivity (Wildman–Crippen MR) is 499 cm³/mol. The van der Waals surface area contributed by atoms with E-state index in [1.807, 2.05) is 187 Å². The predicted octanol–water partition coefficient (Wildman–Crippen LogP) is 14.0. The molecule has 0 aliphatic carbocycles. The average molecular weight is 1840 g/mol. The van der Waals surface area contributed by atoms with Gasteiger partial charge in [0.2, 0.25) is 0 Å². The van der Waals surface area contributed by atoms with Crippen LogP contribution in [0.4, 0.5) is 0 Å². The molecule has 29 nitrogen and oxygen atoms in total. The minimum absolute atomic E-state index is 0.136. The highest BCUT2D eigenvalue weighted by atomic mass is 32.2. The van der Waals surface area contributed by atoms with Crippen LogP contribution in [0.15, 0.2) is 194 Å². The highest BCUT2D eigenvalue weighted by Crippen LogP contribution is 2.29. The monoisotopic (exact) mass is 1840 g/mol. The molecule has 4 unspecified atom stereocenters. The summed E-state index contributed by atoms with van der Waals surface area (Å²) in [6, 6.07) is 63.5. The molecular formula is C102H128N4O25S. The van der Waals surface area contributed by atoms with E-state index in [2.05, 4.69) is 39.0 Å². The van der Waals surface area contributed by atoms with Crippen molar-refractivity contribution in [1.29, 1.82) is 0 Å². The number of ether oxygens (including phenoxy) is 13. The number of benzene rings is 8. The zero-order valence-electron chi connectivity index (χ0n) is 76.2. The Hall–Kier alpha value is -11.9. The quantitative estimate of drug-likeness (QED) is 0.0203. The summed E-state index contributed by atoms with van der Waals surface area (Å²) in [4.78, 5) is 100. The molecule has 12 rings (SSSR count). The number of carboxylic acids is 4. The molecule has 4 atom stereocenters. The van der Waals surface area contributed by atoms with E-state index >= 15 is 0 Å². The van der Waals surface area contributed by atoms with Gasteiger partial charge in [-0.1, -0.05) is 121 Å². The van der Waals surface area contributed by atoms with Crippen molar-refractivity contribution in [3.05, 3.63) is 239 Å². The Bertz CT molecular complexity index is 4240. The number of rotatable bonds is 52. The first-order valence-corrected chi connectivity index (χ1v) is 46.3. The lowest BCUT2D eigenvalue weighted by atomic mass is 10.0. The molecule has 4 saturated heterocycles. The molecule has 0 saturated carbocycles. The topological polar surface area (TPSA) is 350 Å². The second kappa shape index (κ2) is 58.8. The van der Waals surface area contributed by atoms with Crippen LogP contribution in [-0.2, 0) is 113 Å². The van der Waals surface area contributed by atoms with Gasteiger partial charge in [0.15, 0.2) is 0 Å². The highest BCUT2D eigenvalue weighted by molar-refractivity contribution is 7.99. The van der Waals surface area contributed by atoms with E-state index in [9.17, 15) is 38.4 Å². The Morgan fingerprint density at radius 3 is 0.841 bits per heavy atom. The molecule has 4 heterocycles. The van der Waals surface area contributed by atoms with Crippen LogP contribution >= 0.6 is 11.8 Å². The van der Waals surface area contributed by atoms with E-state index in [1.54, 1.807) is 28.4 Å². The molecule has 30 heteroatoms. The number of methoxy groups -OCH3 is 4. The summed E-state index contributed by atoms with van der Waals surface area (Å²) in [6.45, 7) is 9.73. The summed E-state index contributed by atoms with van der Waals surface area (Å²) in [7, 11) is 6.64. The molecule has 0 aromatic heterocycles. The fourth-order valence-electron chi connectivity index (χ4n) is 15.1. The Morgan fingerprint density at radius 2 is 0.591 bits per heavy atom. The second-order valence-corrected chi connectivity index (χ2v) is 33.4. The summed E-state index contributed by atoms with van der Waals surface area (Å²) >= 11 is 1.84. The first-order chi connectivity index (χ1) is 64.1. The maximum atomic E-state index is 12.2. The minimum Gasteiger partial charge on any atom is -0.497 e. The number of hydrogen-bond acceptors (Lipinski definition) is 26. The molecule has 0 amide bonds. The van der Waals surface area contributed by atoms with Gasteiger partial charge < -0.3 is 82.0 Å². The van der Waals surface area contributed by atoms with Crippen LogP contribution in [0.25, 0.3) is 0 Å². The zero-order chi connectivity index (χ0) is 93.9. The Labute approximate surface area is 778 Å². The van der Waals surface area contributed by atoms with E-state index in [4.69, 9.17) is 82.0 Å². The van der Waals surface area contributed by atoms with Gasteiger partial charge in [-0.2, -0.15) is 0 Å². The van der Waals surface area contributed by atoms with Gasteiger partial charge in [0.05, 0.1) is 93.1 Å². The molecule has 4 aliphatic heterocycles. The van der Waals surface area contributed by atoms with Crippen molar-refractivity contribution in [1.82, 2.24) is 19.6 Å². The molecule has 0 spiro atoms. The summed E-state index contributed by atoms with van der Waals surface area (Å²) < 4.78 is 73.4. The van der Waals surface area contributed by atoms with Crippen molar-refractivity contribution in [2.45, 2.75) is 153 Å². The second-order valence-electron chi connectivity index (χ2n) is 32.3. The third-order valence-corrected chi connectivity index (χ3v) is 23.1. The number of nitrogens with zero attached hydrogens (tertiary/aromatic N) is 4. The standard InChI is InChI=1S/2C26H33NO6.C25H31NO7.C25H31NO6S/c2*1-31-22-9-6-7-20(17-22)11-12-21-8-2-3-10-24(21)32-19-23(18-27-15-4-5-16-27)33-26(30)14-13-25(28)29;1-30-21-7-4-5-19(15-21)9-10-20-6-2-3-8-23(20)32-17-22(16-26-13-14-31-18-26)33-25(29)12-11-24(27)28;1-30-21-7-4-5-19(15-21)9-10-20-6-2-3-8-23(20)31-17-22(16-26-13-14-33-18-26)32-25(29)12-11-24(27)28/h2*2-3,6-10,17,23H,4-5,11-16,18-19H2,1H3,(H,28,29);2*2-8,15,22H,9-14,16-18H2,1H3,(H,27,28). The number of hydrogen-bond donors (Lipinski definition) is 4. The van der Waals surface area contributed by atoms with Crippen molar-refractivity contribution < 1.29 is 120 Å². The first-order valence-electron chi connectivity index (χ1n) is 45.2. The maximum absolute atomic E-state index is 12.2. The van der Waals surface area contributed by atoms with Crippen molar-refractivity contribution in [3.63, 3.8) is 0 Å². The fourth-order valence-corrected chi connectivity index (χ4v) is 16.2. The van der Waals surface area contributed by atoms with Gasteiger partial charge in [-0.05, 0) is 221 Å². The summed E-state index contributed by atoms with van der Waals surface area (Å²) in [5.74, 6) is 2.21. The van der Waals surface area contributed by atoms with Crippen LogP contribution < -0.4 is 37.9 Å². The number of likely N-dealkylation sites (tertiary alicyclic amines) is 2. The molecule has 4 N–H and O–H groups in total. The summed E-state index contributed by atoms with van der Waals surface area (Å²) in [6.07, 6.45) is 7.66. The first kappa shape index (κ1) is 104. The number of carbonyl (C=O) groups is 8. The van der Waals surface area contributed by atoms with Gasteiger partial charge in [0.25, 0.3) is 0 Å². The largest absolute Gasteiger partial charge is 0.497 e. The molecule has 4 aliphatic rings. The van der Waals surface area contributed by atoms with Crippen LogP contribution in [0.3, 0.4) is 0 Å². The summed E-state index contributed by atoms with van der Waals surface area (Å²) in [5, 5.41) is 35.3. The fraction of sp³-hybridized carbons (Fsp3) is 0.451. The maximum Gasteiger partial charge on any atom is 0.306 e. The normalized spacial score (nSPS) is 14.6. The van der Waals surface area contributed by atoms with Crippen molar-refractivity contribution in [2.24, 2.45) is 0 Å².